The van der Waals surface area contributed by atoms with Crippen molar-refractivity contribution < 1.29 is 4.79 Å². The number of ketones is 1. The van der Waals surface area contributed by atoms with Gasteiger partial charge in [0, 0.05) is 19.0 Å². The number of rotatable bonds is 0. The first kappa shape index (κ1) is 8.70. The standard InChI is InChI=1S/C10H10ClNO/c11-10-5-7-1-3-9(13)4-2-8(7)6-12-10/h5-6H,1-4H2. The predicted molar refractivity (Wildman–Crippen MR) is 50.9 cm³/mol. The van der Waals surface area contributed by atoms with E-state index in [4.69, 9.17) is 11.6 Å². The molecule has 0 unspecified atom stereocenters. The second-order valence-corrected chi connectivity index (χ2v) is 3.70. The Hall–Kier alpha value is -0.890. The third-order valence-corrected chi connectivity index (χ3v) is 2.60. The molecule has 0 radical (unpaired) electrons. The lowest BCUT2D eigenvalue weighted by molar-refractivity contribution is -0.118. The number of hydrogen-bond donors (Lipinski definition) is 0. The number of pyridine rings is 1. The van der Waals surface area contributed by atoms with Crippen LogP contribution < -0.4 is 0 Å². The molecule has 0 aliphatic heterocycles. The summed E-state index contributed by atoms with van der Waals surface area (Å²) in [6, 6.07) is 1.87. The molecule has 1 aliphatic rings. The van der Waals surface area contributed by atoms with E-state index >= 15 is 0 Å². The van der Waals surface area contributed by atoms with Crippen LogP contribution in [0.25, 0.3) is 0 Å². The Kier molecular flexibility index (Phi) is 2.32. The maximum atomic E-state index is 11.2. The molecule has 0 amide bonds. The van der Waals surface area contributed by atoms with Crippen LogP contribution in [0.3, 0.4) is 0 Å². The smallest absolute Gasteiger partial charge is 0.133 e. The van der Waals surface area contributed by atoms with Crippen molar-refractivity contribution in [1.29, 1.82) is 0 Å². The van der Waals surface area contributed by atoms with Gasteiger partial charge >= 0.3 is 0 Å². The van der Waals surface area contributed by atoms with Gasteiger partial charge in [0.1, 0.15) is 10.9 Å². The molecule has 0 saturated heterocycles. The molecule has 1 aliphatic carbocycles. The molecule has 1 aromatic heterocycles. The van der Waals surface area contributed by atoms with Crippen molar-refractivity contribution >= 4 is 17.4 Å². The van der Waals surface area contributed by atoms with Crippen molar-refractivity contribution in [1.82, 2.24) is 4.98 Å². The molecule has 0 fully saturated rings. The van der Waals surface area contributed by atoms with Gasteiger partial charge in [0.15, 0.2) is 0 Å². The Morgan fingerprint density at radius 2 is 1.85 bits per heavy atom. The molecule has 2 rings (SSSR count). The van der Waals surface area contributed by atoms with Crippen molar-refractivity contribution in [3.63, 3.8) is 0 Å². The van der Waals surface area contributed by atoms with Crippen molar-refractivity contribution in [2.24, 2.45) is 0 Å². The number of aromatic nitrogens is 1. The van der Waals surface area contributed by atoms with Crippen LogP contribution in [0, 0.1) is 0 Å². The zero-order chi connectivity index (χ0) is 9.26. The average Bonchev–Trinajstić information content (AvgIpc) is 2.29. The van der Waals surface area contributed by atoms with Crippen molar-refractivity contribution in [3.8, 4) is 0 Å². The Morgan fingerprint density at radius 1 is 1.15 bits per heavy atom. The fraction of sp³-hybridized carbons (Fsp3) is 0.400. The molecular weight excluding hydrogens is 186 g/mol. The second kappa shape index (κ2) is 3.46. The first-order valence-corrected chi connectivity index (χ1v) is 4.78. The molecule has 2 nitrogen and oxygen atoms in total. The highest BCUT2D eigenvalue weighted by Gasteiger charge is 2.13. The van der Waals surface area contributed by atoms with Gasteiger partial charge in [0.25, 0.3) is 0 Å². The quantitative estimate of drug-likeness (QED) is 0.469. The summed E-state index contributed by atoms with van der Waals surface area (Å²) in [6.45, 7) is 0. The Bertz CT molecular complexity index is 349. The number of halogens is 1. The van der Waals surface area contributed by atoms with Crippen molar-refractivity contribution in [2.75, 3.05) is 0 Å². The van der Waals surface area contributed by atoms with E-state index in [0.29, 0.717) is 23.8 Å². The number of fused-ring (bicyclic) bond motifs is 1. The lowest BCUT2D eigenvalue weighted by Crippen LogP contribution is -1.95. The summed E-state index contributed by atoms with van der Waals surface area (Å²) in [4.78, 5) is 15.2. The summed E-state index contributed by atoms with van der Waals surface area (Å²) in [5.41, 5.74) is 2.36. The Balaban J connectivity index is 2.35. The predicted octanol–water partition coefficient (Wildman–Crippen LogP) is 2.18. The van der Waals surface area contributed by atoms with Crippen LogP contribution in [0.1, 0.15) is 24.0 Å². The van der Waals surface area contributed by atoms with Crippen LogP contribution in [0.2, 0.25) is 5.15 Å². The number of carbonyl (C=O) groups is 1. The van der Waals surface area contributed by atoms with Crippen LogP contribution in [0.4, 0.5) is 0 Å². The maximum Gasteiger partial charge on any atom is 0.133 e. The van der Waals surface area contributed by atoms with Crippen LogP contribution in [-0.2, 0) is 17.6 Å². The van der Waals surface area contributed by atoms with Crippen LogP contribution >= 0.6 is 11.6 Å². The molecule has 0 bridgehead atoms. The number of Topliss-reactive ketones (excluding diaryl/α,β-unsaturated/α-hetero) is 1. The maximum absolute atomic E-state index is 11.2. The van der Waals surface area contributed by atoms with Gasteiger partial charge in [-0.25, -0.2) is 4.98 Å². The van der Waals surface area contributed by atoms with E-state index < -0.39 is 0 Å². The summed E-state index contributed by atoms with van der Waals surface area (Å²) in [5, 5.41) is 0.521. The summed E-state index contributed by atoms with van der Waals surface area (Å²) in [5.74, 6) is 0.340. The van der Waals surface area contributed by atoms with Gasteiger partial charge in [-0.3, -0.25) is 4.79 Å². The summed E-state index contributed by atoms with van der Waals surface area (Å²) in [7, 11) is 0. The second-order valence-electron chi connectivity index (χ2n) is 3.31. The van der Waals surface area contributed by atoms with E-state index in [1.807, 2.05) is 6.07 Å². The van der Waals surface area contributed by atoms with E-state index in [2.05, 4.69) is 4.98 Å². The van der Waals surface area contributed by atoms with Crippen LogP contribution in [-0.4, -0.2) is 10.8 Å². The molecule has 68 valence electrons. The fourth-order valence-electron chi connectivity index (χ4n) is 1.63. The van der Waals surface area contributed by atoms with E-state index in [1.165, 1.54) is 11.1 Å². The van der Waals surface area contributed by atoms with Gasteiger partial charge in [0.05, 0.1) is 0 Å². The highest BCUT2D eigenvalue weighted by atomic mass is 35.5. The minimum atomic E-state index is 0.340. The van der Waals surface area contributed by atoms with Gasteiger partial charge in [0.2, 0.25) is 0 Å². The highest BCUT2D eigenvalue weighted by Crippen LogP contribution is 2.20. The number of nitrogens with zero attached hydrogens (tertiary/aromatic N) is 1. The molecule has 0 aromatic carbocycles. The van der Waals surface area contributed by atoms with E-state index in [-0.39, 0.29) is 0 Å². The number of carbonyl (C=O) groups excluding carboxylic acids is 1. The molecule has 0 saturated carbocycles. The van der Waals surface area contributed by atoms with Crippen LogP contribution in [0.5, 0.6) is 0 Å². The minimum Gasteiger partial charge on any atom is -0.300 e. The summed E-state index contributed by atoms with van der Waals surface area (Å²) in [6.07, 6.45) is 4.72. The lowest BCUT2D eigenvalue weighted by Gasteiger charge is -2.03. The van der Waals surface area contributed by atoms with Crippen LogP contribution in [0.15, 0.2) is 12.3 Å². The van der Waals surface area contributed by atoms with E-state index in [0.717, 1.165) is 12.8 Å². The normalized spacial score (nSPS) is 16.5. The van der Waals surface area contributed by atoms with Gasteiger partial charge in [-0.1, -0.05) is 11.6 Å². The van der Waals surface area contributed by atoms with E-state index in [9.17, 15) is 4.79 Å². The zero-order valence-electron chi connectivity index (χ0n) is 7.22. The first-order valence-electron chi connectivity index (χ1n) is 4.41. The third-order valence-electron chi connectivity index (χ3n) is 2.40. The Morgan fingerprint density at radius 3 is 2.62 bits per heavy atom. The Labute approximate surface area is 81.9 Å². The minimum absolute atomic E-state index is 0.340. The summed E-state index contributed by atoms with van der Waals surface area (Å²) < 4.78 is 0. The molecule has 0 N–H and O–H groups in total. The van der Waals surface area contributed by atoms with Gasteiger partial charge in [-0.05, 0) is 30.0 Å². The summed E-state index contributed by atoms with van der Waals surface area (Å²) >= 11 is 5.77. The van der Waals surface area contributed by atoms with Crippen molar-refractivity contribution in [2.45, 2.75) is 25.7 Å². The topological polar surface area (TPSA) is 30.0 Å². The number of aryl methyl sites for hydroxylation is 2. The highest BCUT2D eigenvalue weighted by molar-refractivity contribution is 6.29. The zero-order valence-corrected chi connectivity index (χ0v) is 7.97. The number of hydrogen-bond acceptors (Lipinski definition) is 2. The van der Waals surface area contributed by atoms with Gasteiger partial charge in [-0.15, -0.1) is 0 Å². The third kappa shape index (κ3) is 1.89. The molecule has 1 heterocycles. The van der Waals surface area contributed by atoms with Gasteiger partial charge in [-0.2, -0.15) is 0 Å². The molecule has 13 heavy (non-hydrogen) atoms. The SMILES string of the molecule is O=C1CCc2cnc(Cl)cc2CC1. The molecule has 3 heteroatoms. The monoisotopic (exact) mass is 195 g/mol. The van der Waals surface area contributed by atoms with E-state index in [1.54, 1.807) is 6.20 Å². The lowest BCUT2D eigenvalue weighted by atomic mass is 10.1. The molecule has 1 aromatic rings. The molecular formula is C10H10ClNO. The van der Waals surface area contributed by atoms with Crippen molar-refractivity contribution in [3.05, 3.63) is 28.5 Å². The molecule has 0 atom stereocenters. The van der Waals surface area contributed by atoms with Gasteiger partial charge < -0.3 is 0 Å². The molecule has 0 spiro atoms. The fourth-order valence-corrected chi connectivity index (χ4v) is 1.81. The largest absolute Gasteiger partial charge is 0.300 e. The average molecular weight is 196 g/mol. The first-order chi connectivity index (χ1) is 6.25.